The molecule has 27 heavy (non-hydrogen) atoms. The molecular weight excluding hydrogens is 358 g/mol. The van der Waals surface area contributed by atoms with Gasteiger partial charge in [0.25, 0.3) is 0 Å². The Bertz CT molecular complexity index is 954. The Morgan fingerprint density at radius 2 is 1.89 bits per heavy atom. The molecule has 1 aliphatic heterocycles. The highest BCUT2D eigenvalue weighted by Crippen LogP contribution is 2.24. The summed E-state index contributed by atoms with van der Waals surface area (Å²) < 4.78 is 5.83. The van der Waals surface area contributed by atoms with E-state index in [4.69, 9.17) is 16.3 Å². The lowest BCUT2D eigenvalue weighted by Gasteiger charge is -2.15. The Labute approximate surface area is 163 Å². The van der Waals surface area contributed by atoms with Crippen LogP contribution in [0.3, 0.4) is 0 Å². The van der Waals surface area contributed by atoms with Crippen molar-refractivity contribution in [2.75, 3.05) is 10.6 Å². The van der Waals surface area contributed by atoms with E-state index in [1.54, 1.807) is 6.34 Å². The zero-order valence-electron chi connectivity index (χ0n) is 14.8. The first kappa shape index (κ1) is 17.4. The highest BCUT2D eigenvalue weighted by molar-refractivity contribution is 6.30. The third-order valence-corrected chi connectivity index (χ3v) is 4.63. The van der Waals surface area contributed by atoms with Gasteiger partial charge in [-0.15, -0.1) is 0 Å². The van der Waals surface area contributed by atoms with E-state index in [0.717, 1.165) is 40.8 Å². The molecule has 1 aliphatic rings. The first-order valence-corrected chi connectivity index (χ1v) is 9.22. The highest BCUT2D eigenvalue weighted by atomic mass is 35.5. The first-order valence-electron chi connectivity index (χ1n) is 8.84. The topological polar surface area (TPSA) is 45.6 Å². The van der Waals surface area contributed by atoms with Crippen LogP contribution in [0.4, 0.5) is 11.4 Å². The van der Waals surface area contributed by atoms with E-state index in [1.807, 2.05) is 36.4 Å². The Morgan fingerprint density at radius 3 is 2.74 bits per heavy atom. The van der Waals surface area contributed by atoms with Crippen LogP contribution in [0.25, 0.3) is 0 Å². The van der Waals surface area contributed by atoms with Gasteiger partial charge in [-0.3, -0.25) is 4.99 Å². The molecule has 1 heterocycles. The minimum Gasteiger partial charge on any atom is -0.489 e. The second-order valence-electron chi connectivity index (χ2n) is 6.40. The minimum atomic E-state index is 0.504. The summed E-state index contributed by atoms with van der Waals surface area (Å²) in [4.78, 5) is 4.21. The maximum atomic E-state index is 6.00. The van der Waals surface area contributed by atoms with E-state index >= 15 is 0 Å². The molecule has 0 radical (unpaired) electrons. The summed E-state index contributed by atoms with van der Waals surface area (Å²) in [6.45, 7) is 1.99. The number of hydrogen-bond acceptors (Lipinski definition) is 4. The molecule has 0 unspecified atom stereocenters. The van der Waals surface area contributed by atoms with E-state index in [-0.39, 0.29) is 0 Å². The standard InChI is InChI=1S/C22H20ClN3O/c23-19-3-1-2-17(10-19)14-27-21-8-4-16(5-9-21)12-25-20-7-6-18-13-24-15-26-22(18)11-20/h1-11,15,25H,12-14H2,(H,24,26). The van der Waals surface area contributed by atoms with E-state index in [1.165, 1.54) is 11.1 Å². The maximum absolute atomic E-state index is 6.00. The molecule has 4 rings (SSSR count). The number of hydrogen-bond donors (Lipinski definition) is 2. The molecule has 0 aromatic heterocycles. The van der Waals surface area contributed by atoms with Gasteiger partial charge in [-0.05, 0) is 53.1 Å². The molecule has 0 aliphatic carbocycles. The Kier molecular flexibility index (Phi) is 5.26. The number of nitrogens with one attached hydrogen (secondary N) is 2. The highest BCUT2D eigenvalue weighted by Gasteiger charge is 2.06. The molecular formula is C22H20ClN3O. The summed E-state index contributed by atoms with van der Waals surface area (Å²) in [7, 11) is 0. The number of rotatable bonds is 6. The molecule has 0 saturated carbocycles. The Morgan fingerprint density at radius 1 is 1.00 bits per heavy atom. The van der Waals surface area contributed by atoms with Gasteiger partial charge in [0.1, 0.15) is 12.4 Å². The zero-order valence-corrected chi connectivity index (χ0v) is 15.5. The van der Waals surface area contributed by atoms with Crippen LogP contribution in [0.15, 0.2) is 71.7 Å². The van der Waals surface area contributed by atoms with Gasteiger partial charge >= 0.3 is 0 Å². The lowest BCUT2D eigenvalue weighted by molar-refractivity contribution is 0.306. The zero-order chi connectivity index (χ0) is 18.5. The number of nitrogens with zero attached hydrogens (tertiary/aromatic N) is 1. The number of anilines is 2. The molecule has 0 fully saturated rings. The van der Waals surface area contributed by atoms with Crippen molar-refractivity contribution in [1.29, 1.82) is 0 Å². The number of ether oxygens (including phenoxy) is 1. The van der Waals surface area contributed by atoms with Gasteiger partial charge in [-0.2, -0.15) is 0 Å². The van der Waals surface area contributed by atoms with Crippen LogP contribution in [0.2, 0.25) is 5.02 Å². The lowest BCUT2D eigenvalue weighted by Crippen LogP contribution is -2.06. The first-order chi connectivity index (χ1) is 13.3. The van der Waals surface area contributed by atoms with Crippen LogP contribution in [-0.2, 0) is 19.7 Å². The average Bonchev–Trinajstić information content (AvgIpc) is 2.71. The molecule has 0 amide bonds. The van der Waals surface area contributed by atoms with E-state index < -0.39 is 0 Å². The summed E-state index contributed by atoms with van der Waals surface area (Å²) in [5, 5.41) is 7.36. The van der Waals surface area contributed by atoms with Crippen molar-refractivity contribution >= 4 is 29.3 Å². The quantitative estimate of drug-likeness (QED) is 0.597. The second kappa shape index (κ2) is 8.14. The van der Waals surface area contributed by atoms with E-state index in [2.05, 4.69) is 46.0 Å². The van der Waals surface area contributed by atoms with Gasteiger partial charge in [-0.25, -0.2) is 0 Å². The van der Waals surface area contributed by atoms with Crippen LogP contribution in [-0.4, -0.2) is 6.34 Å². The predicted octanol–water partition coefficient (Wildman–Crippen LogP) is 5.48. The minimum absolute atomic E-state index is 0.504. The molecule has 4 nitrogen and oxygen atoms in total. The van der Waals surface area contributed by atoms with Gasteiger partial charge in [0.15, 0.2) is 0 Å². The van der Waals surface area contributed by atoms with Crippen LogP contribution in [0.5, 0.6) is 5.75 Å². The summed E-state index contributed by atoms with van der Waals surface area (Å²) in [6, 6.07) is 22.1. The molecule has 0 atom stereocenters. The smallest absolute Gasteiger partial charge is 0.119 e. The maximum Gasteiger partial charge on any atom is 0.119 e. The number of benzene rings is 3. The van der Waals surface area contributed by atoms with Crippen molar-refractivity contribution in [2.45, 2.75) is 19.7 Å². The second-order valence-corrected chi connectivity index (χ2v) is 6.84. The third kappa shape index (κ3) is 4.60. The third-order valence-electron chi connectivity index (χ3n) is 4.40. The van der Waals surface area contributed by atoms with Crippen molar-refractivity contribution < 1.29 is 4.74 Å². The van der Waals surface area contributed by atoms with Gasteiger partial charge in [0.05, 0.1) is 12.9 Å². The fraction of sp³-hybridized carbons (Fsp3) is 0.136. The molecule has 2 N–H and O–H groups in total. The average molecular weight is 378 g/mol. The van der Waals surface area contributed by atoms with Crippen molar-refractivity contribution in [2.24, 2.45) is 4.99 Å². The number of aliphatic imine (C=N–C) groups is 1. The number of halogens is 1. The van der Waals surface area contributed by atoms with Gasteiger partial charge in [0.2, 0.25) is 0 Å². The van der Waals surface area contributed by atoms with Crippen molar-refractivity contribution in [1.82, 2.24) is 0 Å². The largest absolute Gasteiger partial charge is 0.489 e. The summed E-state index contributed by atoms with van der Waals surface area (Å²) >= 11 is 6.00. The molecule has 0 bridgehead atoms. The normalized spacial score (nSPS) is 12.2. The van der Waals surface area contributed by atoms with Crippen molar-refractivity contribution in [3.8, 4) is 5.75 Å². The summed E-state index contributed by atoms with van der Waals surface area (Å²) in [5.41, 5.74) is 5.65. The van der Waals surface area contributed by atoms with Crippen LogP contribution in [0.1, 0.15) is 16.7 Å². The van der Waals surface area contributed by atoms with Crippen LogP contribution < -0.4 is 15.4 Å². The molecule has 3 aromatic carbocycles. The predicted molar refractivity (Wildman–Crippen MR) is 112 cm³/mol. The van der Waals surface area contributed by atoms with Crippen LogP contribution >= 0.6 is 11.6 Å². The van der Waals surface area contributed by atoms with E-state index in [9.17, 15) is 0 Å². The molecule has 136 valence electrons. The van der Waals surface area contributed by atoms with E-state index in [0.29, 0.717) is 6.61 Å². The molecule has 0 spiro atoms. The monoisotopic (exact) mass is 377 g/mol. The van der Waals surface area contributed by atoms with Crippen molar-refractivity contribution in [3.05, 3.63) is 88.4 Å². The summed E-state index contributed by atoms with van der Waals surface area (Å²) in [5.74, 6) is 0.844. The van der Waals surface area contributed by atoms with Gasteiger partial charge in [0, 0.05) is 22.9 Å². The molecule has 5 heteroatoms. The lowest BCUT2D eigenvalue weighted by atomic mass is 10.1. The molecule has 3 aromatic rings. The Hall–Kier alpha value is -2.98. The van der Waals surface area contributed by atoms with Crippen molar-refractivity contribution in [3.63, 3.8) is 0 Å². The Balaban J connectivity index is 1.31. The SMILES string of the molecule is Clc1cccc(COc2ccc(CNc3ccc4c(c3)NC=NC4)cc2)c1. The molecule has 0 saturated heterocycles. The summed E-state index contributed by atoms with van der Waals surface area (Å²) in [6.07, 6.45) is 1.74. The van der Waals surface area contributed by atoms with Gasteiger partial charge < -0.3 is 15.4 Å². The fourth-order valence-corrected chi connectivity index (χ4v) is 3.13. The fourth-order valence-electron chi connectivity index (χ4n) is 2.92. The van der Waals surface area contributed by atoms with Gasteiger partial charge in [-0.1, -0.05) is 41.9 Å². The van der Waals surface area contributed by atoms with Crippen LogP contribution in [0, 0.1) is 0 Å². The number of fused-ring (bicyclic) bond motifs is 1.